The Morgan fingerprint density at radius 3 is 1.93 bits per heavy atom. The van der Waals surface area contributed by atoms with E-state index in [0.717, 1.165) is 18.5 Å². The zero-order valence-corrected chi connectivity index (χ0v) is 8.37. The van der Waals surface area contributed by atoms with Crippen molar-refractivity contribution in [2.75, 3.05) is 0 Å². The van der Waals surface area contributed by atoms with E-state index in [1.807, 2.05) is 18.2 Å². The normalized spacial score (nSPS) is 9.43. The number of benzene rings is 1. The van der Waals surface area contributed by atoms with Crippen LogP contribution in [0.5, 0.6) is 0 Å². The van der Waals surface area contributed by atoms with Gasteiger partial charge in [-0.25, -0.2) is 0 Å². The van der Waals surface area contributed by atoms with Gasteiger partial charge < -0.3 is 0 Å². The second-order valence-electron chi connectivity index (χ2n) is 3.07. The first-order valence-electron chi connectivity index (χ1n) is 4.62. The van der Waals surface area contributed by atoms with E-state index in [-0.39, 0.29) is 0 Å². The Morgan fingerprint density at radius 2 is 1.57 bits per heavy atom. The first kappa shape index (κ1) is 10.5. The summed E-state index contributed by atoms with van der Waals surface area (Å²) in [6.07, 6.45) is 5.42. The van der Waals surface area contributed by atoms with Gasteiger partial charge in [0.1, 0.15) is 0 Å². The number of allylic oxidation sites excluding steroid dienone is 2. The van der Waals surface area contributed by atoms with Gasteiger partial charge >= 0.3 is 0 Å². The summed E-state index contributed by atoms with van der Waals surface area (Å²) in [6.45, 7) is 11.0. The Kier molecular flexibility index (Phi) is 3.86. The van der Waals surface area contributed by atoms with E-state index in [2.05, 4.69) is 37.0 Å². The molecule has 0 radical (unpaired) electrons. The first-order valence-corrected chi connectivity index (χ1v) is 4.62. The molecule has 1 rings (SSSR count). The summed E-state index contributed by atoms with van der Waals surface area (Å²) >= 11 is 0. The van der Waals surface area contributed by atoms with Gasteiger partial charge in [0, 0.05) is 0 Å². The van der Waals surface area contributed by atoms with Crippen molar-refractivity contribution in [3.05, 3.63) is 54.6 Å². The molecule has 0 aliphatic heterocycles. The first-order chi connectivity index (χ1) is 6.83. The van der Waals surface area contributed by atoms with Crippen molar-refractivity contribution < 1.29 is 0 Å². The van der Waals surface area contributed by atoms with Gasteiger partial charge in [-0.2, -0.15) is 0 Å². The Bertz CT molecular complexity index is 322. The summed E-state index contributed by atoms with van der Waals surface area (Å²) in [6, 6.07) is 6.14. The van der Waals surface area contributed by atoms with E-state index >= 15 is 0 Å². The van der Waals surface area contributed by atoms with E-state index in [0.29, 0.717) is 0 Å². The minimum absolute atomic E-state index is 0.833. The predicted molar refractivity (Wildman–Crippen MR) is 63.5 cm³/mol. The maximum Gasteiger partial charge on any atom is 0.0692 e. The van der Waals surface area contributed by atoms with Crippen LogP contribution in [0.15, 0.2) is 48.5 Å². The Hall–Kier alpha value is -1.63. The van der Waals surface area contributed by atoms with E-state index in [9.17, 15) is 0 Å². The van der Waals surface area contributed by atoms with Gasteiger partial charge in [-0.15, -0.1) is 13.2 Å². The monoisotopic (exact) mass is 185 g/mol. The maximum absolute atomic E-state index is 4.06. The zero-order valence-electron chi connectivity index (χ0n) is 8.37. The van der Waals surface area contributed by atoms with Crippen molar-refractivity contribution in [2.24, 2.45) is 4.99 Å². The third kappa shape index (κ3) is 2.19. The molecule has 0 unspecified atom stereocenters. The molecule has 1 heteroatoms. The van der Waals surface area contributed by atoms with Crippen LogP contribution in [0.2, 0.25) is 0 Å². The fourth-order valence-electron chi connectivity index (χ4n) is 1.49. The molecule has 14 heavy (non-hydrogen) atoms. The molecule has 0 aliphatic rings. The standard InChI is InChI=1S/C13H15N/c1-4-7-11-9-6-10-12(8-5-2)13(11)14-3/h4-6,9-10H,1-3,7-8H2. The minimum Gasteiger partial charge on any atom is -0.264 e. The van der Waals surface area contributed by atoms with Crippen LogP contribution in [0.3, 0.4) is 0 Å². The molecular weight excluding hydrogens is 170 g/mol. The van der Waals surface area contributed by atoms with Crippen LogP contribution in [-0.4, -0.2) is 6.72 Å². The topological polar surface area (TPSA) is 12.4 Å². The largest absolute Gasteiger partial charge is 0.264 e. The molecule has 0 saturated carbocycles. The molecule has 0 saturated heterocycles. The molecule has 0 bridgehead atoms. The molecule has 0 fully saturated rings. The van der Waals surface area contributed by atoms with E-state index in [1.165, 1.54) is 11.1 Å². The second kappa shape index (κ2) is 5.18. The number of hydrogen-bond donors (Lipinski definition) is 0. The predicted octanol–water partition coefficient (Wildman–Crippen LogP) is 3.48. The van der Waals surface area contributed by atoms with Gasteiger partial charge in [0.15, 0.2) is 0 Å². The van der Waals surface area contributed by atoms with Gasteiger partial charge in [-0.1, -0.05) is 30.4 Å². The highest BCUT2D eigenvalue weighted by Gasteiger charge is 2.03. The van der Waals surface area contributed by atoms with Gasteiger partial charge in [-0.3, -0.25) is 4.99 Å². The van der Waals surface area contributed by atoms with Crippen LogP contribution in [-0.2, 0) is 12.8 Å². The molecule has 0 aliphatic carbocycles. The Balaban J connectivity index is 3.16. The zero-order chi connectivity index (χ0) is 10.4. The Morgan fingerprint density at radius 1 is 1.07 bits per heavy atom. The van der Waals surface area contributed by atoms with Crippen LogP contribution in [0.25, 0.3) is 0 Å². The van der Waals surface area contributed by atoms with E-state index in [1.54, 1.807) is 0 Å². The summed E-state index contributed by atoms with van der Waals surface area (Å²) in [7, 11) is 0. The minimum atomic E-state index is 0.833. The fraction of sp³-hybridized carbons (Fsp3) is 0.154. The Labute approximate surface area is 85.5 Å². The number of nitrogens with zero attached hydrogens (tertiary/aromatic N) is 1. The highest BCUT2D eigenvalue weighted by molar-refractivity contribution is 5.58. The smallest absolute Gasteiger partial charge is 0.0692 e. The third-order valence-electron chi connectivity index (χ3n) is 2.09. The SMILES string of the molecule is C=CCc1cccc(CC=C)c1N=C. The van der Waals surface area contributed by atoms with E-state index in [4.69, 9.17) is 0 Å². The molecule has 0 N–H and O–H groups in total. The number of hydrogen-bond acceptors (Lipinski definition) is 1. The van der Waals surface area contributed by atoms with Crippen molar-refractivity contribution in [1.82, 2.24) is 0 Å². The van der Waals surface area contributed by atoms with Gasteiger partial charge in [0.25, 0.3) is 0 Å². The highest BCUT2D eigenvalue weighted by Crippen LogP contribution is 2.25. The molecule has 0 amide bonds. The van der Waals surface area contributed by atoms with Crippen LogP contribution >= 0.6 is 0 Å². The van der Waals surface area contributed by atoms with Crippen LogP contribution < -0.4 is 0 Å². The molecule has 1 aromatic carbocycles. The molecule has 72 valence electrons. The molecular formula is C13H15N. The summed E-state index contributed by atoms with van der Waals surface area (Å²) in [5.74, 6) is 0. The quantitative estimate of drug-likeness (QED) is 0.492. The van der Waals surface area contributed by atoms with Crippen molar-refractivity contribution in [3.63, 3.8) is 0 Å². The summed E-state index contributed by atoms with van der Waals surface area (Å²) in [4.78, 5) is 4.06. The van der Waals surface area contributed by atoms with Crippen LogP contribution in [0.4, 0.5) is 5.69 Å². The second-order valence-corrected chi connectivity index (χ2v) is 3.07. The van der Waals surface area contributed by atoms with Gasteiger partial charge in [-0.05, 0) is 30.7 Å². The average Bonchev–Trinajstić information content (AvgIpc) is 2.19. The average molecular weight is 185 g/mol. The van der Waals surface area contributed by atoms with Gasteiger partial charge in [0.05, 0.1) is 5.69 Å². The summed E-state index contributed by atoms with van der Waals surface area (Å²) in [5, 5.41) is 0. The molecule has 1 aromatic rings. The molecule has 0 heterocycles. The van der Waals surface area contributed by atoms with Crippen molar-refractivity contribution in [2.45, 2.75) is 12.8 Å². The number of para-hydroxylation sites is 1. The fourth-order valence-corrected chi connectivity index (χ4v) is 1.49. The maximum atomic E-state index is 4.06. The molecule has 0 spiro atoms. The molecule has 0 aromatic heterocycles. The highest BCUT2D eigenvalue weighted by atomic mass is 14.7. The third-order valence-corrected chi connectivity index (χ3v) is 2.09. The number of aliphatic imine (C=N–C) groups is 1. The van der Waals surface area contributed by atoms with Crippen molar-refractivity contribution in [3.8, 4) is 0 Å². The lowest BCUT2D eigenvalue weighted by molar-refractivity contribution is 1.19. The summed E-state index contributed by atoms with van der Waals surface area (Å²) < 4.78 is 0. The lowest BCUT2D eigenvalue weighted by atomic mass is 10.0. The number of rotatable bonds is 5. The van der Waals surface area contributed by atoms with Crippen molar-refractivity contribution in [1.29, 1.82) is 0 Å². The molecule has 0 atom stereocenters. The van der Waals surface area contributed by atoms with Crippen LogP contribution in [0.1, 0.15) is 11.1 Å². The lowest BCUT2D eigenvalue weighted by Crippen LogP contribution is -1.88. The van der Waals surface area contributed by atoms with Gasteiger partial charge in [0.2, 0.25) is 0 Å². The summed E-state index contributed by atoms with van der Waals surface area (Å²) in [5.41, 5.74) is 3.33. The van der Waals surface area contributed by atoms with E-state index < -0.39 is 0 Å². The van der Waals surface area contributed by atoms with Crippen LogP contribution in [0, 0.1) is 0 Å². The van der Waals surface area contributed by atoms with Crippen molar-refractivity contribution >= 4 is 12.4 Å². The lowest BCUT2D eigenvalue weighted by Gasteiger charge is -2.07. The molecule has 1 nitrogen and oxygen atoms in total.